The molecule has 2 aliphatic heterocycles. The molecule has 4 rings (SSSR count). The van der Waals surface area contributed by atoms with Crippen LogP contribution in [-0.2, 0) is 16.4 Å². The number of piperazine rings is 1. The Balaban J connectivity index is 1.29. The minimum Gasteiger partial charge on any atom is -0.486 e. The molecule has 1 atom stereocenters. The number of para-hydroxylation sites is 1. The van der Waals surface area contributed by atoms with E-state index in [0.29, 0.717) is 44.1 Å². The lowest BCUT2D eigenvalue weighted by Gasteiger charge is -2.37. The van der Waals surface area contributed by atoms with Crippen molar-refractivity contribution >= 4 is 15.7 Å². The molecule has 2 saturated heterocycles. The van der Waals surface area contributed by atoms with Crippen molar-refractivity contribution in [2.45, 2.75) is 19.1 Å². The van der Waals surface area contributed by atoms with Crippen LogP contribution in [0, 0.1) is 0 Å². The van der Waals surface area contributed by atoms with Crippen molar-refractivity contribution in [3.05, 3.63) is 54.0 Å². The van der Waals surface area contributed by atoms with E-state index in [1.807, 2.05) is 30.3 Å². The average molecular weight is 404 g/mol. The maximum Gasteiger partial charge on any atom is 0.289 e. The van der Waals surface area contributed by atoms with E-state index in [0.717, 1.165) is 5.75 Å². The molecule has 2 aliphatic rings. The molecule has 0 N–H and O–H groups in total. The highest BCUT2D eigenvalue weighted by Gasteiger charge is 2.34. The van der Waals surface area contributed by atoms with Gasteiger partial charge in [0.2, 0.25) is 0 Å². The molecule has 0 spiro atoms. The number of carbonyl (C=O) groups excluding carboxylic acids is 1. The van der Waals surface area contributed by atoms with E-state index in [1.165, 1.54) is 0 Å². The fraction of sp³-hybridized carbons (Fsp3) is 0.450. The smallest absolute Gasteiger partial charge is 0.289 e. The molecule has 28 heavy (non-hydrogen) atoms. The first kappa shape index (κ1) is 19.0. The lowest BCUT2D eigenvalue weighted by atomic mass is 10.2. The van der Waals surface area contributed by atoms with Crippen LogP contribution in [0.4, 0.5) is 0 Å². The Morgan fingerprint density at radius 3 is 2.50 bits per heavy atom. The second kappa shape index (κ2) is 7.97. The molecule has 150 valence electrons. The number of nitrogens with zero attached hydrogens (tertiary/aromatic N) is 2. The molecule has 2 aromatic rings. The molecule has 1 aromatic heterocycles. The van der Waals surface area contributed by atoms with Crippen molar-refractivity contribution in [3.8, 4) is 5.75 Å². The maximum absolute atomic E-state index is 12.7. The van der Waals surface area contributed by atoms with Crippen LogP contribution in [0.25, 0.3) is 0 Å². The SMILES string of the molecule is O=C(c1ccc(COc2ccccc2)o1)N1CCN(C2CCS(=O)(=O)C2)CC1. The molecule has 1 unspecified atom stereocenters. The van der Waals surface area contributed by atoms with Gasteiger partial charge in [-0.15, -0.1) is 0 Å². The molecule has 0 bridgehead atoms. The molecule has 8 heteroatoms. The van der Waals surface area contributed by atoms with E-state index >= 15 is 0 Å². The van der Waals surface area contributed by atoms with Crippen LogP contribution in [0.3, 0.4) is 0 Å². The van der Waals surface area contributed by atoms with Gasteiger partial charge < -0.3 is 14.1 Å². The topological polar surface area (TPSA) is 80.1 Å². The minimum atomic E-state index is -2.89. The molecule has 1 amide bonds. The highest BCUT2D eigenvalue weighted by Crippen LogP contribution is 2.20. The number of carbonyl (C=O) groups is 1. The summed E-state index contributed by atoms with van der Waals surface area (Å²) in [4.78, 5) is 16.6. The van der Waals surface area contributed by atoms with Gasteiger partial charge in [-0.25, -0.2) is 8.42 Å². The van der Waals surface area contributed by atoms with Crippen molar-refractivity contribution in [2.24, 2.45) is 0 Å². The molecule has 3 heterocycles. The van der Waals surface area contributed by atoms with Gasteiger partial charge in [-0.1, -0.05) is 18.2 Å². The summed E-state index contributed by atoms with van der Waals surface area (Å²) in [7, 11) is -2.89. The predicted molar refractivity (Wildman–Crippen MR) is 104 cm³/mol. The Hall–Kier alpha value is -2.32. The van der Waals surface area contributed by atoms with Gasteiger partial charge in [0.15, 0.2) is 15.6 Å². The fourth-order valence-electron chi connectivity index (χ4n) is 3.75. The number of furan rings is 1. The quantitative estimate of drug-likeness (QED) is 0.756. The Labute approximate surface area is 164 Å². The second-order valence-electron chi connectivity index (χ2n) is 7.25. The van der Waals surface area contributed by atoms with Crippen molar-refractivity contribution in [3.63, 3.8) is 0 Å². The Kier molecular flexibility index (Phi) is 5.41. The van der Waals surface area contributed by atoms with Gasteiger partial charge in [0.25, 0.3) is 5.91 Å². The number of benzene rings is 1. The number of amides is 1. The van der Waals surface area contributed by atoms with Gasteiger partial charge in [0, 0.05) is 32.2 Å². The largest absolute Gasteiger partial charge is 0.486 e. The highest BCUT2D eigenvalue weighted by molar-refractivity contribution is 7.91. The first-order valence-electron chi connectivity index (χ1n) is 9.50. The van der Waals surface area contributed by atoms with Gasteiger partial charge in [-0.2, -0.15) is 0 Å². The molecular formula is C20H24N2O5S. The zero-order chi connectivity index (χ0) is 19.6. The van der Waals surface area contributed by atoms with Crippen LogP contribution in [0.5, 0.6) is 5.75 Å². The standard InChI is InChI=1S/C20H24N2O5S/c23-20(19-7-6-18(27-19)14-26-17-4-2-1-3-5-17)22-11-9-21(10-12-22)16-8-13-28(24,25)15-16/h1-7,16H,8-15H2. The molecule has 0 aliphatic carbocycles. The maximum atomic E-state index is 12.7. The van der Waals surface area contributed by atoms with Crippen molar-refractivity contribution in [1.29, 1.82) is 0 Å². The fourth-order valence-corrected chi connectivity index (χ4v) is 5.51. The van der Waals surface area contributed by atoms with Crippen LogP contribution >= 0.6 is 0 Å². The van der Waals surface area contributed by atoms with Gasteiger partial charge in [0.05, 0.1) is 11.5 Å². The number of hydrogen-bond donors (Lipinski definition) is 0. The third-order valence-electron chi connectivity index (χ3n) is 5.32. The third-order valence-corrected chi connectivity index (χ3v) is 7.07. The van der Waals surface area contributed by atoms with Crippen LogP contribution in [-0.4, -0.2) is 67.9 Å². The van der Waals surface area contributed by atoms with Crippen LogP contribution in [0.2, 0.25) is 0 Å². The van der Waals surface area contributed by atoms with Crippen molar-refractivity contribution in [1.82, 2.24) is 9.80 Å². The van der Waals surface area contributed by atoms with Crippen molar-refractivity contribution in [2.75, 3.05) is 37.7 Å². The monoisotopic (exact) mass is 404 g/mol. The third kappa shape index (κ3) is 4.39. The van der Waals surface area contributed by atoms with Gasteiger partial charge >= 0.3 is 0 Å². The summed E-state index contributed by atoms with van der Waals surface area (Å²) in [6.07, 6.45) is 0.694. The molecule has 1 aromatic carbocycles. The molecular weight excluding hydrogens is 380 g/mol. The summed E-state index contributed by atoms with van der Waals surface area (Å²) >= 11 is 0. The Morgan fingerprint density at radius 2 is 1.82 bits per heavy atom. The lowest BCUT2D eigenvalue weighted by Crippen LogP contribution is -2.52. The van der Waals surface area contributed by atoms with Crippen LogP contribution in [0.1, 0.15) is 22.7 Å². The summed E-state index contributed by atoms with van der Waals surface area (Å²) in [5.74, 6) is 2.04. The van der Waals surface area contributed by atoms with E-state index in [2.05, 4.69) is 4.90 Å². The average Bonchev–Trinajstić information content (AvgIpc) is 3.33. The predicted octanol–water partition coefficient (Wildman–Crippen LogP) is 1.80. The van der Waals surface area contributed by atoms with E-state index in [1.54, 1.807) is 17.0 Å². The normalized spacial score (nSPS) is 22.3. The molecule has 0 saturated carbocycles. The molecule has 0 radical (unpaired) electrons. The summed E-state index contributed by atoms with van der Waals surface area (Å²) in [5.41, 5.74) is 0. The molecule has 2 fully saturated rings. The van der Waals surface area contributed by atoms with E-state index < -0.39 is 9.84 Å². The number of sulfone groups is 1. The van der Waals surface area contributed by atoms with Crippen LogP contribution < -0.4 is 4.74 Å². The minimum absolute atomic E-state index is 0.0904. The number of ether oxygens (including phenoxy) is 1. The molecule has 7 nitrogen and oxygen atoms in total. The van der Waals surface area contributed by atoms with Gasteiger partial charge in [-0.3, -0.25) is 9.69 Å². The van der Waals surface area contributed by atoms with Gasteiger partial charge in [0.1, 0.15) is 18.1 Å². The Morgan fingerprint density at radius 1 is 1.07 bits per heavy atom. The van der Waals surface area contributed by atoms with E-state index in [4.69, 9.17) is 9.15 Å². The summed E-state index contributed by atoms with van der Waals surface area (Å²) in [5, 5.41) is 0. The van der Waals surface area contributed by atoms with Gasteiger partial charge in [-0.05, 0) is 30.7 Å². The first-order chi connectivity index (χ1) is 13.5. The highest BCUT2D eigenvalue weighted by atomic mass is 32.2. The number of hydrogen-bond acceptors (Lipinski definition) is 6. The second-order valence-corrected chi connectivity index (χ2v) is 9.48. The van der Waals surface area contributed by atoms with Crippen LogP contribution in [0.15, 0.2) is 46.9 Å². The van der Waals surface area contributed by atoms with E-state index in [9.17, 15) is 13.2 Å². The number of rotatable bonds is 5. The lowest BCUT2D eigenvalue weighted by molar-refractivity contribution is 0.0555. The summed E-state index contributed by atoms with van der Waals surface area (Å²) in [6.45, 7) is 2.80. The van der Waals surface area contributed by atoms with E-state index in [-0.39, 0.29) is 30.1 Å². The van der Waals surface area contributed by atoms with Crippen molar-refractivity contribution < 1.29 is 22.4 Å². The summed E-state index contributed by atoms with van der Waals surface area (Å²) in [6, 6.07) is 13.0. The Bertz CT molecular complexity index is 917. The summed E-state index contributed by atoms with van der Waals surface area (Å²) < 4.78 is 34.7. The zero-order valence-electron chi connectivity index (χ0n) is 15.6. The first-order valence-corrected chi connectivity index (χ1v) is 11.3. The zero-order valence-corrected chi connectivity index (χ0v) is 16.4.